The number of hydrogen-bond donors (Lipinski definition) is 0. The molecule has 4 rings (SSSR count). The average molecular weight is 425 g/mol. The molecule has 0 unspecified atom stereocenters. The number of ether oxygens (including phenoxy) is 1. The van der Waals surface area contributed by atoms with E-state index in [1.165, 1.54) is 0 Å². The molecular formula is C24H32N4O3. The highest BCUT2D eigenvalue weighted by Crippen LogP contribution is 2.25. The number of rotatable bonds is 6. The van der Waals surface area contributed by atoms with Gasteiger partial charge in [0.25, 0.3) is 0 Å². The Hall–Kier alpha value is -2.51. The van der Waals surface area contributed by atoms with Crippen LogP contribution in [-0.4, -0.2) is 84.0 Å². The number of amides is 1. The first-order chi connectivity index (χ1) is 15.1. The Morgan fingerprint density at radius 1 is 1.00 bits per heavy atom. The molecule has 0 saturated carbocycles. The zero-order chi connectivity index (χ0) is 21.8. The lowest BCUT2D eigenvalue weighted by molar-refractivity contribution is -0.131. The SMILES string of the molecule is CCOC(=O)c1c(CN2CCN(CC(=O)N3CCCC3)CC2)nc2ccccc2c1C. The maximum atomic E-state index is 12.7. The second kappa shape index (κ2) is 9.75. The fourth-order valence-corrected chi connectivity index (χ4v) is 4.60. The van der Waals surface area contributed by atoms with E-state index in [0.29, 0.717) is 25.3 Å². The smallest absolute Gasteiger partial charge is 0.340 e. The van der Waals surface area contributed by atoms with Gasteiger partial charge in [-0.2, -0.15) is 0 Å². The van der Waals surface area contributed by atoms with Gasteiger partial charge in [0.1, 0.15) is 0 Å². The molecule has 1 amide bonds. The number of carbonyl (C=O) groups is 2. The van der Waals surface area contributed by atoms with Gasteiger partial charge in [-0.3, -0.25) is 19.6 Å². The number of nitrogens with zero attached hydrogens (tertiary/aromatic N) is 4. The monoisotopic (exact) mass is 424 g/mol. The van der Waals surface area contributed by atoms with Gasteiger partial charge in [0.15, 0.2) is 0 Å². The number of para-hydroxylation sites is 1. The Labute approximate surface area is 184 Å². The third-order valence-electron chi connectivity index (χ3n) is 6.36. The summed E-state index contributed by atoms with van der Waals surface area (Å²) in [5.74, 6) is -0.0505. The summed E-state index contributed by atoms with van der Waals surface area (Å²) in [7, 11) is 0. The molecule has 0 aliphatic carbocycles. The number of hydrogen-bond acceptors (Lipinski definition) is 6. The molecule has 166 valence electrons. The molecule has 7 heteroatoms. The van der Waals surface area contributed by atoms with Crippen molar-refractivity contribution in [2.24, 2.45) is 0 Å². The average Bonchev–Trinajstić information content (AvgIpc) is 3.31. The molecule has 0 bridgehead atoms. The summed E-state index contributed by atoms with van der Waals surface area (Å²) in [6, 6.07) is 7.93. The number of esters is 1. The number of aromatic nitrogens is 1. The molecule has 2 saturated heterocycles. The van der Waals surface area contributed by atoms with E-state index in [1.807, 2.05) is 43.0 Å². The second-order valence-electron chi connectivity index (χ2n) is 8.44. The van der Waals surface area contributed by atoms with Gasteiger partial charge < -0.3 is 9.64 Å². The zero-order valence-corrected chi connectivity index (χ0v) is 18.6. The summed E-state index contributed by atoms with van der Waals surface area (Å²) in [6.07, 6.45) is 2.25. The van der Waals surface area contributed by atoms with Crippen LogP contribution in [0.2, 0.25) is 0 Å². The van der Waals surface area contributed by atoms with Crippen LogP contribution in [-0.2, 0) is 16.1 Å². The van der Waals surface area contributed by atoms with Crippen molar-refractivity contribution in [2.45, 2.75) is 33.2 Å². The van der Waals surface area contributed by atoms with E-state index in [4.69, 9.17) is 9.72 Å². The molecule has 2 aromatic rings. The second-order valence-corrected chi connectivity index (χ2v) is 8.44. The third-order valence-corrected chi connectivity index (χ3v) is 6.36. The molecule has 1 aromatic carbocycles. The molecule has 0 spiro atoms. The van der Waals surface area contributed by atoms with Crippen LogP contribution in [0, 0.1) is 6.92 Å². The summed E-state index contributed by atoms with van der Waals surface area (Å²) in [5.41, 5.74) is 3.19. The molecule has 2 fully saturated rings. The highest BCUT2D eigenvalue weighted by molar-refractivity contribution is 5.98. The van der Waals surface area contributed by atoms with Crippen molar-refractivity contribution in [1.29, 1.82) is 0 Å². The van der Waals surface area contributed by atoms with Crippen molar-refractivity contribution in [3.05, 3.63) is 41.1 Å². The van der Waals surface area contributed by atoms with Crippen LogP contribution in [0.4, 0.5) is 0 Å². The van der Waals surface area contributed by atoms with E-state index in [2.05, 4.69) is 9.80 Å². The van der Waals surface area contributed by atoms with Crippen molar-refractivity contribution in [2.75, 3.05) is 52.4 Å². The van der Waals surface area contributed by atoms with Crippen LogP contribution in [0.1, 0.15) is 41.4 Å². The Morgan fingerprint density at radius 2 is 1.68 bits per heavy atom. The van der Waals surface area contributed by atoms with Crippen molar-refractivity contribution in [3.63, 3.8) is 0 Å². The number of benzene rings is 1. The summed E-state index contributed by atoms with van der Waals surface area (Å²) >= 11 is 0. The summed E-state index contributed by atoms with van der Waals surface area (Å²) in [6.45, 7) is 10.5. The lowest BCUT2D eigenvalue weighted by atomic mass is 10.0. The van der Waals surface area contributed by atoms with E-state index in [-0.39, 0.29) is 11.9 Å². The lowest BCUT2D eigenvalue weighted by Crippen LogP contribution is -2.49. The molecular weight excluding hydrogens is 392 g/mol. The van der Waals surface area contributed by atoms with Gasteiger partial charge in [-0.15, -0.1) is 0 Å². The molecule has 2 aliphatic rings. The number of aryl methyl sites for hydroxylation is 1. The van der Waals surface area contributed by atoms with E-state index in [1.54, 1.807) is 0 Å². The quantitative estimate of drug-likeness (QED) is 0.664. The minimum absolute atomic E-state index is 0.252. The highest BCUT2D eigenvalue weighted by atomic mass is 16.5. The molecule has 1 aromatic heterocycles. The van der Waals surface area contributed by atoms with Crippen LogP contribution < -0.4 is 0 Å². The first-order valence-corrected chi connectivity index (χ1v) is 11.3. The number of carbonyl (C=O) groups excluding carboxylic acids is 2. The minimum Gasteiger partial charge on any atom is -0.462 e. The maximum absolute atomic E-state index is 12.7. The van der Waals surface area contributed by atoms with Gasteiger partial charge in [-0.1, -0.05) is 18.2 Å². The third kappa shape index (κ3) is 4.88. The lowest BCUT2D eigenvalue weighted by Gasteiger charge is -2.35. The fourth-order valence-electron chi connectivity index (χ4n) is 4.60. The van der Waals surface area contributed by atoms with Crippen LogP contribution in [0.15, 0.2) is 24.3 Å². The van der Waals surface area contributed by atoms with Gasteiger partial charge >= 0.3 is 5.97 Å². The number of fused-ring (bicyclic) bond motifs is 1. The van der Waals surface area contributed by atoms with Crippen molar-refractivity contribution < 1.29 is 14.3 Å². The molecule has 7 nitrogen and oxygen atoms in total. The van der Waals surface area contributed by atoms with Crippen LogP contribution in [0.25, 0.3) is 10.9 Å². The van der Waals surface area contributed by atoms with E-state index in [0.717, 1.165) is 74.3 Å². The van der Waals surface area contributed by atoms with Crippen LogP contribution in [0.5, 0.6) is 0 Å². The molecule has 0 N–H and O–H groups in total. The largest absolute Gasteiger partial charge is 0.462 e. The van der Waals surface area contributed by atoms with E-state index >= 15 is 0 Å². The Kier molecular flexibility index (Phi) is 6.83. The predicted molar refractivity (Wildman–Crippen MR) is 120 cm³/mol. The predicted octanol–water partition coefficient (Wildman–Crippen LogP) is 2.46. The molecule has 0 radical (unpaired) electrons. The van der Waals surface area contributed by atoms with Gasteiger partial charge in [0.05, 0.1) is 29.9 Å². The van der Waals surface area contributed by atoms with Gasteiger partial charge in [0, 0.05) is 51.2 Å². The number of likely N-dealkylation sites (tertiary alicyclic amines) is 1. The minimum atomic E-state index is -0.303. The maximum Gasteiger partial charge on any atom is 0.340 e. The first kappa shape index (κ1) is 21.7. The standard InChI is InChI=1S/C24H32N4O3/c1-3-31-24(30)23-18(2)19-8-4-5-9-20(19)25-21(23)16-26-12-14-27(15-13-26)17-22(29)28-10-6-7-11-28/h4-5,8-9H,3,6-7,10-17H2,1-2H3. The Bertz CT molecular complexity index is 947. The summed E-state index contributed by atoms with van der Waals surface area (Å²) in [4.78, 5) is 36.6. The Balaban J connectivity index is 1.45. The topological polar surface area (TPSA) is 66.0 Å². The van der Waals surface area contributed by atoms with Gasteiger partial charge in [-0.05, 0) is 38.3 Å². The summed E-state index contributed by atoms with van der Waals surface area (Å²) in [5, 5.41) is 0.986. The summed E-state index contributed by atoms with van der Waals surface area (Å²) < 4.78 is 5.35. The normalized spacial score (nSPS) is 17.9. The van der Waals surface area contributed by atoms with Gasteiger partial charge in [0.2, 0.25) is 5.91 Å². The highest BCUT2D eigenvalue weighted by Gasteiger charge is 2.26. The van der Waals surface area contributed by atoms with Crippen LogP contribution in [0.3, 0.4) is 0 Å². The molecule has 3 heterocycles. The van der Waals surface area contributed by atoms with Crippen molar-refractivity contribution >= 4 is 22.8 Å². The van der Waals surface area contributed by atoms with Crippen molar-refractivity contribution in [3.8, 4) is 0 Å². The zero-order valence-electron chi connectivity index (χ0n) is 18.6. The number of piperazine rings is 1. The van der Waals surface area contributed by atoms with Gasteiger partial charge in [-0.25, -0.2) is 4.79 Å². The first-order valence-electron chi connectivity index (χ1n) is 11.3. The van der Waals surface area contributed by atoms with Crippen LogP contribution >= 0.6 is 0 Å². The fraction of sp³-hybridized carbons (Fsp3) is 0.542. The van der Waals surface area contributed by atoms with E-state index < -0.39 is 0 Å². The molecule has 31 heavy (non-hydrogen) atoms. The van der Waals surface area contributed by atoms with E-state index in [9.17, 15) is 9.59 Å². The molecule has 0 atom stereocenters. The Morgan fingerprint density at radius 3 is 2.39 bits per heavy atom. The number of pyridine rings is 1. The molecule has 2 aliphatic heterocycles. The van der Waals surface area contributed by atoms with Crippen molar-refractivity contribution in [1.82, 2.24) is 19.7 Å².